The van der Waals surface area contributed by atoms with Crippen LogP contribution in [-0.4, -0.2) is 25.2 Å². The maximum Gasteiger partial charge on any atom is 0.324 e. The molecule has 0 aromatic carbocycles. The van der Waals surface area contributed by atoms with Gasteiger partial charge in [0.25, 0.3) is 0 Å². The second-order valence-electron chi connectivity index (χ2n) is 12.3. The van der Waals surface area contributed by atoms with E-state index in [2.05, 4.69) is 60.1 Å². The first kappa shape index (κ1) is 18.0. The summed E-state index contributed by atoms with van der Waals surface area (Å²) < 4.78 is 14.5. The predicted octanol–water partition coefficient (Wildman–Crippen LogP) is 5.83. The maximum atomic E-state index is 7.24. The van der Waals surface area contributed by atoms with E-state index in [1.807, 2.05) is 0 Å². The molecule has 2 unspecified atom stereocenters. The fraction of sp³-hybridized carbons (Fsp3) is 1.00. The van der Waals surface area contributed by atoms with Gasteiger partial charge in [0.05, 0.1) is 0 Å². The molecule has 4 saturated carbocycles. The highest BCUT2D eigenvalue weighted by Gasteiger charge is 2.87. The summed E-state index contributed by atoms with van der Waals surface area (Å²) in [5.74, 6) is 5.08. The smallest absolute Gasteiger partial charge is 0.324 e. The average Bonchev–Trinajstić information content (AvgIpc) is 2.68. The number of hydrogen-bond acceptors (Lipinski definition) is 2. The molecule has 0 N–H and O–H groups in total. The minimum absolute atomic E-state index is 0.383. The second kappa shape index (κ2) is 4.89. The van der Waals surface area contributed by atoms with Gasteiger partial charge < -0.3 is 8.23 Å². The van der Waals surface area contributed by atoms with Crippen LogP contribution in [0, 0.1) is 35.0 Å². The third-order valence-electron chi connectivity index (χ3n) is 6.86. The zero-order valence-corrected chi connectivity index (χ0v) is 20.3. The van der Waals surface area contributed by atoms with Gasteiger partial charge in [-0.15, -0.1) is 0 Å². The lowest BCUT2D eigenvalue weighted by Crippen LogP contribution is -2.60. The normalized spacial score (nSPS) is 45.1. The molecule has 5 fully saturated rings. The summed E-state index contributed by atoms with van der Waals surface area (Å²) >= 11 is 0. The molecule has 0 aromatic rings. The minimum Gasteiger partial charge on any atom is -0.436 e. The van der Waals surface area contributed by atoms with Gasteiger partial charge in [-0.2, -0.15) is 0 Å². The summed E-state index contributed by atoms with van der Waals surface area (Å²) in [6.07, 6.45) is 2.84. The zero-order valence-electron chi connectivity index (χ0n) is 17.3. The van der Waals surface area contributed by atoms with Crippen LogP contribution in [0.15, 0.2) is 0 Å². The van der Waals surface area contributed by atoms with Crippen molar-refractivity contribution >= 4 is 25.2 Å². The van der Waals surface area contributed by atoms with Crippen molar-refractivity contribution in [1.82, 2.24) is 0 Å². The van der Waals surface area contributed by atoms with Crippen molar-refractivity contribution in [1.29, 1.82) is 0 Å². The van der Waals surface area contributed by atoms with E-state index in [0.717, 1.165) is 40.7 Å². The molecule has 0 aromatic heterocycles. The molecule has 138 valence electrons. The molecule has 24 heavy (non-hydrogen) atoms. The molecule has 4 aliphatic carbocycles. The van der Waals surface area contributed by atoms with Gasteiger partial charge in [-0.05, 0) is 87.1 Å². The molecular weight excluding hydrogens is 344 g/mol. The largest absolute Gasteiger partial charge is 0.436 e. The monoisotopic (exact) mass is 382 g/mol. The summed E-state index contributed by atoms with van der Waals surface area (Å²) in [6.45, 7) is 21.6. The lowest BCUT2D eigenvalue weighted by molar-refractivity contribution is 0.257. The van der Waals surface area contributed by atoms with E-state index in [9.17, 15) is 0 Å². The van der Waals surface area contributed by atoms with Crippen LogP contribution in [-0.2, 0) is 8.23 Å². The first-order valence-electron chi connectivity index (χ1n) is 10.1. The van der Waals surface area contributed by atoms with Crippen molar-refractivity contribution in [3.63, 3.8) is 0 Å². The molecule has 1 heterocycles. The summed E-state index contributed by atoms with van der Waals surface area (Å²) in [5, 5.41) is 0. The van der Waals surface area contributed by atoms with E-state index < -0.39 is 25.2 Å². The lowest BCUT2D eigenvalue weighted by Gasteiger charge is -2.48. The molecule has 0 radical (unpaired) electrons. The van der Waals surface area contributed by atoms with Crippen LogP contribution >= 0.6 is 0 Å². The minimum atomic E-state index is -2.14. The highest BCUT2D eigenvalue weighted by atomic mass is 28.5. The molecule has 5 heteroatoms. The van der Waals surface area contributed by atoms with Gasteiger partial charge in [0.2, 0.25) is 0 Å². The van der Waals surface area contributed by atoms with Crippen molar-refractivity contribution in [2.24, 2.45) is 35.0 Å². The van der Waals surface area contributed by atoms with Crippen LogP contribution in [0.1, 0.15) is 33.6 Å². The molecule has 2 nitrogen and oxygen atoms in total. The van der Waals surface area contributed by atoms with Crippen molar-refractivity contribution in [2.75, 3.05) is 0 Å². The fourth-order valence-electron chi connectivity index (χ4n) is 7.07. The van der Waals surface area contributed by atoms with E-state index in [0.29, 0.717) is 5.41 Å². The van der Waals surface area contributed by atoms with Gasteiger partial charge in [-0.1, -0.05) is 20.8 Å². The standard InChI is InChI=1S/C19H38O2Si3/c1-19(2,3)11-14-15-13-10-12-16(15)17(12)18(13)24(14,20-22(4,5)6)21-23(7,8)9/h12-18H,10-11H2,1-9H3/t12-,13+,14-,15-,16?,17?,18-/m0/s1. The van der Waals surface area contributed by atoms with Crippen molar-refractivity contribution < 1.29 is 8.23 Å². The Bertz CT molecular complexity index is 526. The third-order valence-corrected chi connectivity index (χ3v) is 17.7. The molecule has 1 saturated heterocycles. The first-order chi connectivity index (χ1) is 10.7. The Morgan fingerprint density at radius 3 is 1.79 bits per heavy atom. The van der Waals surface area contributed by atoms with Crippen molar-refractivity contribution in [3.05, 3.63) is 0 Å². The molecule has 0 amide bonds. The van der Waals surface area contributed by atoms with Gasteiger partial charge >= 0.3 is 8.56 Å². The van der Waals surface area contributed by atoms with Gasteiger partial charge in [0, 0.05) is 11.1 Å². The topological polar surface area (TPSA) is 18.5 Å². The van der Waals surface area contributed by atoms with Crippen LogP contribution in [0.2, 0.25) is 50.4 Å². The molecule has 5 rings (SSSR count). The van der Waals surface area contributed by atoms with Crippen LogP contribution in [0.3, 0.4) is 0 Å². The van der Waals surface area contributed by atoms with Crippen LogP contribution in [0.25, 0.3) is 0 Å². The van der Waals surface area contributed by atoms with Gasteiger partial charge in [-0.25, -0.2) is 0 Å². The van der Waals surface area contributed by atoms with Crippen LogP contribution in [0.5, 0.6) is 0 Å². The highest BCUT2D eigenvalue weighted by molar-refractivity contribution is 6.90. The average molecular weight is 383 g/mol. The van der Waals surface area contributed by atoms with E-state index in [-0.39, 0.29) is 0 Å². The molecule has 1 aliphatic heterocycles. The van der Waals surface area contributed by atoms with E-state index in [1.54, 1.807) is 0 Å². The summed E-state index contributed by atoms with van der Waals surface area (Å²) in [6, 6.07) is 0. The predicted molar refractivity (Wildman–Crippen MR) is 108 cm³/mol. The van der Waals surface area contributed by atoms with Crippen LogP contribution < -0.4 is 0 Å². The molecular formula is C19H38O2Si3. The Morgan fingerprint density at radius 1 is 0.833 bits per heavy atom. The summed E-state index contributed by atoms with van der Waals surface area (Å²) in [7, 11) is -5.37. The Labute approximate surface area is 152 Å². The molecule has 6 bridgehead atoms. The number of rotatable bonds is 5. The Balaban J connectivity index is 1.76. The SMILES string of the molecule is CC(C)(C)C[C@H]1[C@H]2C3C4[C@H]3C[C@H]2[C@@H]4[Si]1(O[Si](C)(C)C)O[Si](C)(C)C. The third kappa shape index (κ3) is 2.60. The first-order valence-corrected chi connectivity index (χ1v) is 18.9. The Kier molecular flexibility index (Phi) is 3.66. The number of hydrogen-bond donors (Lipinski definition) is 0. The van der Waals surface area contributed by atoms with Crippen molar-refractivity contribution in [2.45, 2.75) is 84.0 Å². The zero-order chi connectivity index (χ0) is 17.9. The summed E-state index contributed by atoms with van der Waals surface area (Å²) in [4.78, 5) is 0. The van der Waals surface area contributed by atoms with E-state index in [1.165, 1.54) is 12.8 Å². The second-order valence-corrected chi connectivity index (χ2v) is 25.3. The lowest BCUT2D eigenvalue weighted by atomic mass is 9.83. The Hall–Kier alpha value is 0.571. The summed E-state index contributed by atoms with van der Waals surface area (Å²) in [5.41, 5.74) is 2.00. The van der Waals surface area contributed by atoms with Gasteiger partial charge in [0.15, 0.2) is 16.6 Å². The quantitative estimate of drug-likeness (QED) is 0.557. The van der Waals surface area contributed by atoms with E-state index >= 15 is 0 Å². The van der Waals surface area contributed by atoms with Gasteiger partial charge in [0.1, 0.15) is 0 Å². The molecule has 0 spiro atoms. The van der Waals surface area contributed by atoms with Crippen molar-refractivity contribution in [3.8, 4) is 0 Å². The maximum absolute atomic E-state index is 7.24. The fourth-order valence-corrected chi connectivity index (χ4v) is 21.9. The van der Waals surface area contributed by atoms with Gasteiger partial charge in [-0.3, -0.25) is 0 Å². The molecule has 7 atom stereocenters. The highest BCUT2D eigenvalue weighted by Crippen LogP contribution is 2.88. The molecule has 5 aliphatic rings. The Morgan fingerprint density at radius 2 is 1.38 bits per heavy atom. The van der Waals surface area contributed by atoms with Crippen LogP contribution in [0.4, 0.5) is 0 Å². The van der Waals surface area contributed by atoms with E-state index in [4.69, 9.17) is 8.23 Å².